The highest BCUT2D eigenvalue weighted by Gasteiger charge is 2.28. The van der Waals surface area contributed by atoms with Gasteiger partial charge in [0, 0.05) is 17.6 Å². The second-order valence-corrected chi connectivity index (χ2v) is 5.27. The van der Waals surface area contributed by atoms with Gasteiger partial charge >= 0.3 is 0 Å². The summed E-state index contributed by atoms with van der Waals surface area (Å²) in [6, 6.07) is 8.60. The Morgan fingerprint density at radius 2 is 2.10 bits per heavy atom. The van der Waals surface area contributed by atoms with E-state index in [2.05, 4.69) is 18.3 Å². The molecule has 0 saturated heterocycles. The topological polar surface area (TPSA) is 54.3 Å². The number of nitriles is 1. The third-order valence-electron chi connectivity index (χ3n) is 4.05. The maximum Gasteiger partial charge on any atom is 0.123 e. The Morgan fingerprint density at radius 1 is 1.30 bits per heavy atom. The molecule has 108 valence electrons. The summed E-state index contributed by atoms with van der Waals surface area (Å²) in [6.07, 6.45) is 3.18. The highest BCUT2D eigenvalue weighted by molar-refractivity contribution is 5.42. The van der Waals surface area contributed by atoms with Crippen molar-refractivity contribution in [2.75, 3.05) is 14.2 Å². The minimum atomic E-state index is 0.119. The molecule has 1 N–H and O–H groups in total. The van der Waals surface area contributed by atoms with Crippen molar-refractivity contribution in [2.24, 2.45) is 5.92 Å². The lowest BCUT2D eigenvalue weighted by Crippen LogP contribution is -2.34. The zero-order valence-corrected chi connectivity index (χ0v) is 12.3. The van der Waals surface area contributed by atoms with Crippen LogP contribution in [0.5, 0.6) is 11.5 Å². The van der Waals surface area contributed by atoms with Crippen molar-refractivity contribution in [1.82, 2.24) is 5.32 Å². The monoisotopic (exact) mass is 274 g/mol. The molecule has 1 aliphatic carbocycles. The largest absolute Gasteiger partial charge is 0.497 e. The lowest BCUT2D eigenvalue weighted by Gasteiger charge is -2.23. The molecule has 0 aliphatic heterocycles. The predicted molar refractivity (Wildman–Crippen MR) is 77.8 cm³/mol. The molecular formula is C16H22N2O2. The molecule has 1 fully saturated rings. The van der Waals surface area contributed by atoms with Gasteiger partial charge in [0.1, 0.15) is 11.5 Å². The van der Waals surface area contributed by atoms with Crippen LogP contribution in [0.4, 0.5) is 0 Å². The fraction of sp³-hybridized carbons (Fsp3) is 0.562. The first-order valence-corrected chi connectivity index (χ1v) is 7.07. The number of nitrogens with zero attached hydrogens (tertiary/aromatic N) is 1. The van der Waals surface area contributed by atoms with Gasteiger partial charge in [0.2, 0.25) is 0 Å². The van der Waals surface area contributed by atoms with Crippen molar-refractivity contribution in [3.8, 4) is 17.6 Å². The molecule has 3 unspecified atom stereocenters. The van der Waals surface area contributed by atoms with Gasteiger partial charge in [-0.1, -0.05) is 6.42 Å². The Hall–Kier alpha value is -1.73. The van der Waals surface area contributed by atoms with E-state index >= 15 is 0 Å². The van der Waals surface area contributed by atoms with Gasteiger partial charge in [0.05, 0.1) is 26.2 Å². The molecule has 0 bridgehead atoms. The van der Waals surface area contributed by atoms with Gasteiger partial charge in [0.15, 0.2) is 0 Å². The average Bonchev–Trinajstić information content (AvgIpc) is 2.93. The fourth-order valence-corrected chi connectivity index (χ4v) is 2.90. The summed E-state index contributed by atoms with van der Waals surface area (Å²) >= 11 is 0. The van der Waals surface area contributed by atoms with Crippen molar-refractivity contribution in [2.45, 2.75) is 38.3 Å². The molecule has 3 atom stereocenters. The fourth-order valence-electron chi connectivity index (χ4n) is 2.90. The number of hydrogen-bond donors (Lipinski definition) is 1. The summed E-state index contributed by atoms with van der Waals surface area (Å²) < 4.78 is 10.7. The minimum Gasteiger partial charge on any atom is -0.497 e. The first-order chi connectivity index (χ1) is 9.69. The summed E-state index contributed by atoms with van der Waals surface area (Å²) in [4.78, 5) is 0. The van der Waals surface area contributed by atoms with E-state index in [0.717, 1.165) is 36.3 Å². The van der Waals surface area contributed by atoms with Crippen LogP contribution in [0.3, 0.4) is 0 Å². The van der Waals surface area contributed by atoms with Crippen LogP contribution in [0.25, 0.3) is 0 Å². The molecule has 20 heavy (non-hydrogen) atoms. The lowest BCUT2D eigenvalue weighted by atomic mass is 10.0. The lowest BCUT2D eigenvalue weighted by molar-refractivity contribution is 0.376. The molecule has 1 aliphatic rings. The summed E-state index contributed by atoms with van der Waals surface area (Å²) in [5, 5.41) is 12.7. The second kappa shape index (κ2) is 6.62. The van der Waals surface area contributed by atoms with E-state index in [1.54, 1.807) is 14.2 Å². The number of rotatable bonds is 5. The Kier molecular flexibility index (Phi) is 4.86. The van der Waals surface area contributed by atoms with Gasteiger partial charge in [-0.15, -0.1) is 0 Å². The van der Waals surface area contributed by atoms with E-state index < -0.39 is 0 Å². The molecule has 4 nitrogen and oxygen atoms in total. The highest BCUT2D eigenvalue weighted by atomic mass is 16.5. The number of benzene rings is 1. The van der Waals surface area contributed by atoms with E-state index in [1.165, 1.54) is 0 Å². The number of methoxy groups -OCH3 is 2. The van der Waals surface area contributed by atoms with E-state index in [0.29, 0.717) is 0 Å². The van der Waals surface area contributed by atoms with Crippen LogP contribution in [-0.4, -0.2) is 20.3 Å². The number of nitrogens with one attached hydrogen (secondary N) is 1. The number of hydrogen-bond acceptors (Lipinski definition) is 4. The van der Waals surface area contributed by atoms with Gasteiger partial charge in [-0.2, -0.15) is 5.26 Å². The Morgan fingerprint density at radius 3 is 2.75 bits per heavy atom. The zero-order valence-electron chi connectivity index (χ0n) is 12.3. The maximum atomic E-state index is 9.17. The molecule has 0 radical (unpaired) electrons. The van der Waals surface area contributed by atoms with Crippen LogP contribution in [0.1, 0.15) is 37.8 Å². The van der Waals surface area contributed by atoms with E-state index in [4.69, 9.17) is 14.7 Å². The quantitative estimate of drug-likeness (QED) is 0.896. The standard InChI is InChI=1S/C16H22N2O2/c1-11(18-15-6-4-5-12(15)10-17)14-9-13(19-2)7-8-16(14)20-3/h7-9,11-12,15,18H,4-6H2,1-3H3. The molecule has 1 aromatic rings. The van der Waals surface area contributed by atoms with Crippen molar-refractivity contribution < 1.29 is 9.47 Å². The first-order valence-electron chi connectivity index (χ1n) is 7.07. The molecule has 0 aromatic heterocycles. The van der Waals surface area contributed by atoms with Crippen LogP contribution in [-0.2, 0) is 0 Å². The molecule has 1 aromatic carbocycles. The van der Waals surface area contributed by atoms with Crippen molar-refractivity contribution in [3.63, 3.8) is 0 Å². The molecular weight excluding hydrogens is 252 g/mol. The van der Waals surface area contributed by atoms with Crippen LogP contribution >= 0.6 is 0 Å². The summed E-state index contributed by atoms with van der Waals surface area (Å²) in [7, 11) is 3.33. The molecule has 0 amide bonds. The van der Waals surface area contributed by atoms with Crippen LogP contribution in [0, 0.1) is 17.2 Å². The smallest absolute Gasteiger partial charge is 0.123 e. The zero-order chi connectivity index (χ0) is 14.5. The first kappa shape index (κ1) is 14.7. The third-order valence-corrected chi connectivity index (χ3v) is 4.05. The maximum absolute atomic E-state index is 9.17. The average molecular weight is 274 g/mol. The molecule has 1 saturated carbocycles. The Balaban J connectivity index is 2.15. The summed E-state index contributed by atoms with van der Waals surface area (Å²) in [5.41, 5.74) is 1.07. The van der Waals surface area contributed by atoms with Crippen molar-refractivity contribution in [1.29, 1.82) is 5.26 Å². The normalized spacial score (nSPS) is 23.1. The Labute approximate surface area is 120 Å². The second-order valence-electron chi connectivity index (χ2n) is 5.27. The van der Waals surface area contributed by atoms with Gasteiger partial charge < -0.3 is 14.8 Å². The summed E-state index contributed by atoms with van der Waals surface area (Å²) in [5.74, 6) is 1.78. The van der Waals surface area contributed by atoms with Crippen LogP contribution < -0.4 is 14.8 Å². The van der Waals surface area contributed by atoms with Gasteiger partial charge in [-0.3, -0.25) is 0 Å². The van der Waals surface area contributed by atoms with E-state index in [9.17, 15) is 0 Å². The predicted octanol–water partition coefficient (Wildman–Crippen LogP) is 3.05. The van der Waals surface area contributed by atoms with Crippen LogP contribution in [0.15, 0.2) is 18.2 Å². The summed E-state index contributed by atoms with van der Waals surface area (Å²) in [6.45, 7) is 2.10. The SMILES string of the molecule is COc1ccc(OC)c(C(C)NC2CCCC2C#N)c1. The van der Waals surface area contributed by atoms with E-state index in [1.807, 2.05) is 18.2 Å². The van der Waals surface area contributed by atoms with Gasteiger partial charge in [0.25, 0.3) is 0 Å². The molecule has 0 heterocycles. The van der Waals surface area contributed by atoms with Crippen LogP contribution in [0.2, 0.25) is 0 Å². The molecule has 2 rings (SSSR count). The third kappa shape index (κ3) is 3.05. The molecule has 0 spiro atoms. The molecule has 4 heteroatoms. The van der Waals surface area contributed by atoms with Crippen molar-refractivity contribution >= 4 is 0 Å². The number of ether oxygens (including phenoxy) is 2. The van der Waals surface area contributed by atoms with E-state index in [-0.39, 0.29) is 18.0 Å². The van der Waals surface area contributed by atoms with Crippen molar-refractivity contribution in [3.05, 3.63) is 23.8 Å². The minimum absolute atomic E-state index is 0.119. The van der Waals surface area contributed by atoms with Gasteiger partial charge in [-0.25, -0.2) is 0 Å². The highest BCUT2D eigenvalue weighted by Crippen LogP contribution is 2.32. The van der Waals surface area contributed by atoms with Gasteiger partial charge in [-0.05, 0) is 38.0 Å². The Bertz CT molecular complexity index is 496.